The third-order valence-corrected chi connectivity index (χ3v) is 2.28. The number of halogens is 1. The molecule has 0 aromatic rings. The van der Waals surface area contributed by atoms with Crippen LogP contribution in [0, 0.1) is 0 Å². The number of hydrogen-bond acceptors (Lipinski definition) is 1. The Labute approximate surface area is 91.3 Å². The fraction of sp³-hybridized carbons (Fsp3) is 0.700. The van der Waals surface area contributed by atoms with Crippen LogP contribution in [-0.2, 0) is 4.79 Å². The van der Waals surface area contributed by atoms with Crippen molar-refractivity contribution in [3.63, 3.8) is 0 Å². The summed E-state index contributed by atoms with van der Waals surface area (Å²) in [5.41, 5.74) is 0. The molecule has 0 unspecified atom stereocenters. The van der Waals surface area contributed by atoms with Crippen molar-refractivity contribution in [2.45, 2.75) is 6.42 Å². The average Bonchev–Trinajstić information content (AvgIpc) is 2.12. The molecule has 0 saturated heterocycles. The van der Waals surface area contributed by atoms with E-state index in [1.807, 2.05) is 0 Å². The Kier molecular flexibility index (Phi) is 6.58. The number of nitrogens with one attached hydrogen (secondary N) is 1. The minimum absolute atomic E-state index is 0.104. The summed E-state index contributed by atoms with van der Waals surface area (Å²) >= 11 is 5.67. The number of amides is 1. The van der Waals surface area contributed by atoms with Gasteiger partial charge in [-0.05, 0) is 6.08 Å². The standard InChI is InChI=1S/C10H19ClN2O/c1-4-10(14)12-7-5-8-13(2,3)9-6-11/h4H,1,5-9H2,2-3H3/p+1. The minimum atomic E-state index is -0.104. The van der Waals surface area contributed by atoms with Gasteiger partial charge >= 0.3 is 0 Å². The van der Waals surface area contributed by atoms with Gasteiger partial charge in [-0.3, -0.25) is 4.79 Å². The van der Waals surface area contributed by atoms with Gasteiger partial charge < -0.3 is 9.80 Å². The van der Waals surface area contributed by atoms with E-state index in [2.05, 4.69) is 26.0 Å². The Balaban J connectivity index is 3.53. The summed E-state index contributed by atoms with van der Waals surface area (Å²) in [5.74, 6) is 0.569. The van der Waals surface area contributed by atoms with Gasteiger partial charge in [-0.15, -0.1) is 11.6 Å². The molecule has 0 aliphatic heterocycles. The zero-order chi connectivity index (χ0) is 11.0. The Hall–Kier alpha value is -0.540. The van der Waals surface area contributed by atoms with E-state index < -0.39 is 0 Å². The van der Waals surface area contributed by atoms with Gasteiger partial charge in [-0.1, -0.05) is 6.58 Å². The van der Waals surface area contributed by atoms with Crippen LogP contribution >= 0.6 is 11.6 Å². The van der Waals surface area contributed by atoms with Crippen molar-refractivity contribution < 1.29 is 9.28 Å². The monoisotopic (exact) mass is 219 g/mol. The summed E-state index contributed by atoms with van der Waals surface area (Å²) in [4.78, 5) is 10.8. The largest absolute Gasteiger partial charge is 0.352 e. The van der Waals surface area contributed by atoms with Gasteiger partial charge in [-0.2, -0.15) is 0 Å². The van der Waals surface area contributed by atoms with Gasteiger partial charge in [0.05, 0.1) is 33.1 Å². The van der Waals surface area contributed by atoms with Crippen LogP contribution in [-0.4, -0.2) is 50.0 Å². The van der Waals surface area contributed by atoms with Gasteiger partial charge in [0.15, 0.2) is 0 Å². The third-order valence-electron chi connectivity index (χ3n) is 2.11. The second kappa shape index (κ2) is 6.85. The lowest BCUT2D eigenvalue weighted by Gasteiger charge is -2.28. The Bertz CT molecular complexity index is 193. The van der Waals surface area contributed by atoms with E-state index in [1.54, 1.807) is 0 Å². The van der Waals surface area contributed by atoms with Crippen molar-refractivity contribution in [3.05, 3.63) is 12.7 Å². The summed E-state index contributed by atoms with van der Waals surface area (Å²) in [5, 5.41) is 2.75. The molecule has 82 valence electrons. The van der Waals surface area contributed by atoms with E-state index in [1.165, 1.54) is 6.08 Å². The molecule has 0 bridgehead atoms. The van der Waals surface area contributed by atoms with Crippen LogP contribution in [0.3, 0.4) is 0 Å². The summed E-state index contributed by atoms with van der Waals surface area (Å²) in [7, 11) is 4.27. The first-order valence-corrected chi connectivity index (χ1v) is 5.33. The molecule has 0 atom stereocenters. The number of carbonyl (C=O) groups is 1. The third kappa shape index (κ3) is 6.92. The molecule has 14 heavy (non-hydrogen) atoms. The van der Waals surface area contributed by atoms with Gasteiger partial charge in [-0.25, -0.2) is 0 Å². The van der Waals surface area contributed by atoms with Crippen molar-refractivity contribution in [1.82, 2.24) is 5.32 Å². The topological polar surface area (TPSA) is 29.1 Å². The lowest BCUT2D eigenvalue weighted by molar-refractivity contribution is -0.888. The molecule has 0 aromatic heterocycles. The molecule has 0 fully saturated rings. The molecular formula is C10H20ClN2O+. The highest BCUT2D eigenvalue weighted by Crippen LogP contribution is 1.99. The number of hydrogen-bond donors (Lipinski definition) is 1. The fourth-order valence-corrected chi connectivity index (χ4v) is 1.59. The van der Waals surface area contributed by atoms with Crippen molar-refractivity contribution in [3.8, 4) is 0 Å². The molecule has 0 rings (SSSR count). The molecular weight excluding hydrogens is 200 g/mol. The molecule has 4 heteroatoms. The first-order valence-electron chi connectivity index (χ1n) is 4.80. The predicted molar refractivity (Wildman–Crippen MR) is 60.4 cm³/mol. The number of alkyl halides is 1. The second-order valence-electron chi connectivity index (χ2n) is 3.92. The number of quaternary nitrogens is 1. The average molecular weight is 220 g/mol. The molecule has 0 heterocycles. The molecule has 0 saturated carbocycles. The zero-order valence-electron chi connectivity index (χ0n) is 9.05. The van der Waals surface area contributed by atoms with E-state index in [9.17, 15) is 4.79 Å². The molecule has 0 aromatic carbocycles. The maximum Gasteiger partial charge on any atom is 0.243 e. The minimum Gasteiger partial charge on any atom is -0.352 e. The van der Waals surface area contributed by atoms with Crippen LogP contribution in [0.4, 0.5) is 0 Å². The maximum absolute atomic E-state index is 10.8. The number of nitrogens with zero attached hydrogens (tertiary/aromatic N) is 1. The Morgan fingerprint density at radius 1 is 1.50 bits per heavy atom. The molecule has 0 aliphatic rings. The highest BCUT2D eigenvalue weighted by molar-refractivity contribution is 6.17. The fourth-order valence-electron chi connectivity index (χ4n) is 1.13. The quantitative estimate of drug-likeness (QED) is 0.294. The lowest BCUT2D eigenvalue weighted by atomic mass is 10.3. The smallest absolute Gasteiger partial charge is 0.243 e. The summed E-state index contributed by atoms with van der Waals surface area (Å²) in [6.07, 6.45) is 2.25. The van der Waals surface area contributed by atoms with Crippen molar-refractivity contribution in [1.29, 1.82) is 0 Å². The van der Waals surface area contributed by atoms with Crippen LogP contribution in [0.2, 0.25) is 0 Å². The Morgan fingerprint density at radius 3 is 2.64 bits per heavy atom. The molecule has 0 aliphatic carbocycles. The van der Waals surface area contributed by atoms with E-state index in [4.69, 9.17) is 11.6 Å². The summed E-state index contributed by atoms with van der Waals surface area (Å²) in [6.45, 7) is 6.06. The van der Waals surface area contributed by atoms with E-state index in [0.717, 1.165) is 24.0 Å². The molecule has 1 amide bonds. The Morgan fingerprint density at radius 2 is 2.14 bits per heavy atom. The molecule has 3 nitrogen and oxygen atoms in total. The van der Waals surface area contributed by atoms with Gasteiger partial charge in [0.1, 0.15) is 0 Å². The number of carbonyl (C=O) groups excluding carboxylic acids is 1. The van der Waals surface area contributed by atoms with Crippen molar-refractivity contribution >= 4 is 17.5 Å². The SMILES string of the molecule is C=CC(=O)NCCC[N+](C)(C)CCCl. The zero-order valence-corrected chi connectivity index (χ0v) is 9.81. The summed E-state index contributed by atoms with van der Waals surface area (Å²) < 4.78 is 0.896. The molecule has 0 radical (unpaired) electrons. The normalized spacial score (nSPS) is 11.1. The van der Waals surface area contributed by atoms with E-state index in [0.29, 0.717) is 12.4 Å². The van der Waals surface area contributed by atoms with Crippen LogP contribution in [0.15, 0.2) is 12.7 Å². The van der Waals surface area contributed by atoms with Crippen LogP contribution < -0.4 is 5.32 Å². The molecule has 0 spiro atoms. The van der Waals surface area contributed by atoms with Crippen LogP contribution in [0.5, 0.6) is 0 Å². The van der Waals surface area contributed by atoms with E-state index >= 15 is 0 Å². The maximum atomic E-state index is 10.8. The van der Waals surface area contributed by atoms with Gasteiger partial charge in [0.25, 0.3) is 0 Å². The highest BCUT2D eigenvalue weighted by Gasteiger charge is 2.12. The van der Waals surface area contributed by atoms with Gasteiger partial charge in [0.2, 0.25) is 5.91 Å². The lowest BCUT2D eigenvalue weighted by Crippen LogP contribution is -2.43. The van der Waals surface area contributed by atoms with Crippen LogP contribution in [0.1, 0.15) is 6.42 Å². The van der Waals surface area contributed by atoms with E-state index in [-0.39, 0.29) is 5.91 Å². The van der Waals surface area contributed by atoms with Crippen molar-refractivity contribution in [2.24, 2.45) is 0 Å². The summed E-state index contributed by atoms with van der Waals surface area (Å²) in [6, 6.07) is 0. The van der Waals surface area contributed by atoms with Gasteiger partial charge in [0, 0.05) is 13.0 Å². The predicted octanol–water partition coefficient (Wildman–Crippen LogP) is 0.994. The van der Waals surface area contributed by atoms with Crippen molar-refractivity contribution in [2.75, 3.05) is 39.6 Å². The number of rotatable bonds is 7. The van der Waals surface area contributed by atoms with Crippen LogP contribution in [0.25, 0.3) is 0 Å². The highest BCUT2D eigenvalue weighted by atomic mass is 35.5. The molecule has 1 N–H and O–H groups in total. The first kappa shape index (κ1) is 13.5. The second-order valence-corrected chi connectivity index (χ2v) is 4.30. The first-order chi connectivity index (χ1) is 6.52.